The maximum absolute atomic E-state index is 12.2. The Morgan fingerprint density at radius 3 is 2.30 bits per heavy atom. The lowest BCUT2D eigenvalue weighted by Crippen LogP contribution is -2.42. The van der Waals surface area contributed by atoms with Gasteiger partial charge < -0.3 is 14.4 Å². The van der Waals surface area contributed by atoms with Crippen molar-refractivity contribution in [1.29, 1.82) is 0 Å². The number of nitrogens with zero attached hydrogens (tertiary/aromatic N) is 1. The SMILES string of the molecule is COC(=O)C1CCN(C(=O)COc2ccc(C(C)C)cc2)CC1. The van der Waals surface area contributed by atoms with Crippen LogP contribution in [-0.2, 0) is 14.3 Å². The summed E-state index contributed by atoms with van der Waals surface area (Å²) in [7, 11) is 1.40. The molecule has 0 N–H and O–H groups in total. The van der Waals surface area contributed by atoms with Crippen molar-refractivity contribution in [2.45, 2.75) is 32.6 Å². The molecular weight excluding hydrogens is 294 g/mol. The van der Waals surface area contributed by atoms with Crippen molar-refractivity contribution in [3.63, 3.8) is 0 Å². The summed E-state index contributed by atoms with van der Waals surface area (Å²) in [6, 6.07) is 7.83. The Labute approximate surface area is 137 Å². The third kappa shape index (κ3) is 4.71. The molecule has 0 aromatic heterocycles. The Morgan fingerprint density at radius 1 is 1.17 bits per heavy atom. The van der Waals surface area contributed by atoms with E-state index >= 15 is 0 Å². The number of methoxy groups -OCH3 is 1. The van der Waals surface area contributed by atoms with Crippen molar-refractivity contribution in [2.24, 2.45) is 5.92 Å². The Bertz CT molecular complexity index is 530. The zero-order valence-electron chi connectivity index (χ0n) is 14.1. The monoisotopic (exact) mass is 319 g/mol. The first-order valence-electron chi connectivity index (χ1n) is 8.09. The molecule has 0 atom stereocenters. The van der Waals surface area contributed by atoms with Crippen molar-refractivity contribution < 1.29 is 19.1 Å². The number of likely N-dealkylation sites (tertiary alicyclic amines) is 1. The Morgan fingerprint density at radius 2 is 1.78 bits per heavy atom. The second kappa shape index (κ2) is 7.99. The molecule has 1 amide bonds. The zero-order chi connectivity index (χ0) is 16.8. The van der Waals surface area contributed by atoms with Crippen molar-refractivity contribution in [2.75, 3.05) is 26.8 Å². The standard InChI is InChI=1S/C18H25NO4/c1-13(2)14-4-6-16(7-5-14)23-12-17(20)19-10-8-15(9-11-19)18(21)22-3/h4-7,13,15H,8-12H2,1-3H3. The number of benzene rings is 1. The van der Waals surface area contributed by atoms with Crippen molar-refractivity contribution in [3.8, 4) is 5.75 Å². The van der Waals surface area contributed by atoms with E-state index in [9.17, 15) is 9.59 Å². The average Bonchev–Trinajstić information content (AvgIpc) is 2.59. The van der Waals surface area contributed by atoms with E-state index in [4.69, 9.17) is 9.47 Å². The van der Waals surface area contributed by atoms with Crippen molar-refractivity contribution >= 4 is 11.9 Å². The average molecular weight is 319 g/mol. The number of ether oxygens (including phenoxy) is 2. The normalized spacial score (nSPS) is 15.6. The van der Waals surface area contributed by atoms with Crippen LogP contribution in [0.25, 0.3) is 0 Å². The fraction of sp³-hybridized carbons (Fsp3) is 0.556. The smallest absolute Gasteiger partial charge is 0.308 e. The molecule has 0 radical (unpaired) electrons. The first kappa shape index (κ1) is 17.3. The Hall–Kier alpha value is -2.04. The van der Waals surface area contributed by atoms with Crippen LogP contribution in [0.5, 0.6) is 5.75 Å². The molecule has 0 spiro atoms. The molecule has 1 aromatic rings. The van der Waals surface area contributed by atoms with E-state index in [1.54, 1.807) is 4.90 Å². The molecule has 1 aliphatic rings. The molecule has 126 valence electrons. The largest absolute Gasteiger partial charge is 0.484 e. The molecule has 1 aromatic carbocycles. The van der Waals surface area contributed by atoms with Gasteiger partial charge in [-0.3, -0.25) is 9.59 Å². The van der Waals surface area contributed by atoms with Gasteiger partial charge in [0.2, 0.25) is 0 Å². The van der Waals surface area contributed by atoms with E-state index in [1.165, 1.54) is 12.7 Å². The second-order valence-electron chi connectivity index (χ2n) is 6.19. The number of esters is 1. The van der Waals surface area contributed by atoms with Gasteiger partial charge in [0.15, 0.2) is 6.61 Å². The van der Waals surface area contributed by atoms with E-state index in [-0.39, 0.29) is 24.4 Å². The molecule has 1 aliphatic heterocycles. The number of piperidine rings is 1. The summed E-state index contributed by atoms with van der Waals surface area (Å²) >= 11 is 0. The zero-order valence-corrected chi connectivity index (χ0v) is 14.1. The molecule has 0 saturated carbocycles. The third-order valence-electron chi connectivity index (χ3n) is 4.29. The maximum Gasteiger partial charge on any atom is 0.308 e. The Kier molecular flexibility index (Phi) is 6.02. The molecule has 0 unspecified atom stereocenters. The molecule has 1 heterocycles. The van der Waals surface area contributed by atoms with Crippen LogP contribution in [0.1, 0.15) is 38.2 Å². The van der Waals surface area contributed by atoms with Gasteiger partial charge in [0, 0.05) is 13.1 Å². The van der Waals surface area contributed by atoms with Crippen LogP contribution in [-0.4, -0.2) is 43.6 Å². The summed E-state index contributed by atoms with van der Waals surface area (Å²) in [4.78, 5) is 25.4. The second-order valence-corrected chi connectivity index (χ2v) is 6.19. The minimum Gasteiger partial charge on any atom is -0.484 e. The summed E-state index contributed by atoms with van der Waals surface area (Å²) in [5, 5.41) is 0. The van der Waals surface area contributed by atoms with E-state index in [1.807, 2.05) is 24.3 Å². The van der Waals surface area contributed by atoms with Gasteiger partial charge in [-0.1, -0.05) is 26.0 Å². The summed E-state index contributed by atoms with van der Waals surface area (Å²) in [5.41, 5.74) is 1.24. The highest BCUT2D eigenvalue weighted by Gasteiger charge is 2.27. The number of carbonyl (C=O) groups is 2. The van der Waals surface area contributed by atoms with Crippen LogP contribution in [0, 0.1) is 5.92 Å². The van der Waals surface area contributed by atoms with Crippen LogP contribution in [0.3, 0.4) is 0 Å². The van der Waals surface area contributed by atoms with Gasteiger partial charge in [0.05, 0.1) is 13.0 Å². The maximum atomic E-state index is 12.2. The van der Waals surface area contributed by atoms with Gasteiger partial charge in [-0.15, -0.1) is 0 Å². The quantitative estimate of drug-likeness (QED) is 0.783. The number of rotatable bonds is 5. The van der Waals surface area contributed by atoms with Crippen LogP contribution < -0.4 is 4.74 Å². The first-order chi connectivity index (χ1) is 11.0. The first-order valence-corrected chi connectivity index (χ1v) is 8.09. The molecule has 2 rings (SSSR count). The lowest BCUT2D eigenvalue weighted by Gasteiger charge is -2.30. The highest BCUT2D eigenvalue weighted by Crippen LogP contribution is 2.20. The molecule has 5 nitrogen and oxygen atoms in total. The van der Waals surface area contributed by atoms with Crippen LogP contribution >= 0.6 is 0 Å². The number of hydrogen-bond acceptors (Lipinski definition) is 4. The van der Waals surface area contributed by atoms with Gasteiger partial charge in [-0.05, 0) is 36.5 Å². The minimum absolute atomic E-state index is 0.0317. The van der Waals surface area contributed by atoms with E-state index in [0.717, 1.165) is 0 Å². The molecule has 23 heavy (non-hydrogen) atoms. The molecule has 0 bridgehead atoms. The summed E-state index contributed by atoms with van der Waals surface area (Å²) in [6.07, 6.45) is 1.31. The molecule has 0 aliphatic carbocycles. The van der Waals surface area contributed by atoms with Crippen LogP contribution in [0.15, 0.2) is 24.3 Å². The van der Waals surface area contributed by atoms with Gasteiger partial charge in [-0.25, -0.2) is 0 Å². The van der Waals surface area contributed by atoms with Crippen LogP contribution in [0.4, 0.5) is 0 Å². The van der Waals surface area contributed by atoms with Crippen LogP contribution in [0.2, 0.25) is 0 Å². The molecule has 1 saturated heterocycles. The summed E-state index contributed by atoms with van der Waals surface area (Å²) < 4.78 is 10.3. The fourth-order valence-electron chi connectivity index (χ4n) is 2.72. The summed E-state index contributed by atoms with van der Waals surface area (Å²) in [6.45, 7) is 5.46. The highest BCUT2D eigenvalue weighted by atomic mass is 16.5. The molecule has 1 fully saturated rings. The highest BCUT2D eigenvalue weighted by molar-refractivity contribution is 5.78. The van der Waals surface area contributed by atoms with Crippen molar-refractivity contribution in [1.82, 2.24) is 4.90 Å². The third-order valence-corrected chi connectivity index (χ3v) is 4.29. The van der Waals surface area contributed by atoms with E-state index < -0.39 is 0 Å². The van der Waals surface area contributed by atoms with Gasteiger partial charge in [0.25, 0.3) is 5.91 Å². The van der Waals surface area contributed by atoms with Gasteiger partial charge in [-0.2, -0.15) is 0 Å². The predicted molar refractivity (Wildman–Crippen MR) is 87.3 cm³/mol. The lowest BCUT2D eigenvalue weighted by atomic mass is 9.97. The number of amides is 1. The van der Waals surface area contributed by atoms with E-state index in [0.29, 0.717) is 37.6 Å². The molecular formula is C18H25NO4. The topological polar surface area (TPSA) is 55.8 Å². The van der Waals surface area contributed by atoms with Crippen molar-refractivity contribution in [3.05, 3.63) is 29.8 Å². The van der Waals surface area contributed by atoms with Gasteiger partial charge in [0.1, 0.15) is 5.75 Å². The Balaban J connectivity index is 1.78. The van der Waals surface area contributed by atoms with Gasteiger partial charge >= 0.3 is 5.97 Å². The summed E-state index contributed by atoms with van der Waals surface area (Å²) in [5.74, 6) is 0.863. The number of carbonyl (C=O) groups excluding carboxylic acids is 2. The predicted octanol–water partition coefficient (Wildman–Crippen LogP) is 2.60. The minimum atomic E-state index is -0.182. The number of hydrogen-bond donors (Lipinski definition) is 0. The molecule has 5 heteroatoms. The van der Waals surface area contributed by atoms with E-state index in [2.05, 4.69) is 13.8 Å². The fourth-order valence-corrected chi connectivity index (χ4v) is 2.72. The lowest BCUT2D eigenvalue weighted by molar-refractivity contribution is -0.149.